The molecule has 10 nitrogen and oxygen atoms in total. The molecular formula is C33H35N7O3. The fraction of sp³-hybridized carbons (Fsp3) is 0.212. The smallest absolute Gasteiger partial charge is 0.333 e. The summed E-state index contributed by atoms with van der Waals surface area (Å²) < 4.78 is 0. The van der Waals surface area contributed by atoms with Crippen molar-refractivity contribution in [1.82, 2.24) is 35.9 Å². The highest BCUT2D eigenvalue weighted by Gasteiger charge is 2.38. The molecule has 0 radical (unpaired) electrons. The molecule has 2 aromatic carbocycles. The monoisotopic (exact) mass is 577 g/mol. The first-order valence-corrected chi connectivity index (χ1v) is 14.1. The predicted octanol–water partition coefficient (Wildman–Crippen LogP) is 3.62. The van der Waals surface area contributed by atoms with Crippen molar-refractivity contribution in [2.24, 2.45) is 0 Å². The Morgan fingerprint density at radius 2 is 1.86 bits per heavy atom. The second kappa shape index (κ2) is 14.2. The SMILES string of the molecule is C=CCNN(C(=O)NCc1ccccc1)[C@H]1CN(Cc2cccc(-c3cccnc3)n2)C(=O)[C@H](Cc2ccc(O)cc2)N1. The van der Waals surface area contributed by atoms with Gasteiger partial charge in [-0.1, -0.05) is 54.6 Å². The number of nitrogens with zero attached hydrogens (tertiary/aromatic N) is 4. The molecule has 0 saturated carbocycles. The van der Waals surface area contributed by atoms with Crippen molar-refractivity contribution < 1.29 is 14.7 Å². The normalized spacial score (nSPS) is 16.5. The molecule has 1 aliphatic heterocycles. The van der Waals surface area contributed by atoms with E-state index in [1.165, 1.54) is 5.01 Å². The molecule has 5 rings (SSSR count). The number of pyridine rings is 2. The molecule has 220 valence electrons. The van der Waals surface area contributed by atoms with Gasteiger partial charge in [-0.15, -0.1) is 6.58 Å². The standard InChI is InChI=1S/C33H35N7O3/c1-2-17-36-40(33(43)35-20-25-8-4-3-5-9-25)31-23-39(32(42)30(38-31)19-24-13-15-28(41)16-14-24)22-27-11-6-12-29(37-27)26-10-7-18-34-21-26/h2-16,18,21,30-31,36,38,41H,1,17,19-20,22-23H2,(H,35,43)/t30-,31-/m0/s1. The summed E-state index contributed by atoms with van der Waals surface area (Å²) in [5, 5.41) is 17.6. The van der Waals surface area contributed by atoms with E-state index in [-0.39, 0.29) is 30.8 Å². The summed E-state index contributed by atoms with van der Waals surface area (Å²) in [5.74, 6) is 0.0481. The van der Waals surface area contributed by atoms with E-state index in [1.807, 2.05) is 60.7 Å². The van der Waals surface area contributed by atoms with Crippen molar-refractivity contribution in [1.29, 1.82) is 0 Å². The minimum absolute atomic E-state index is 0.105. The van der Waals surface area contributed by atoms with E-state index in [0.717, 1.165) is 28.1 Å². The summed E-state index contributed by atoms with van der Waals surface area (Å²) in [6, 6.07) is 25.0. The number of amides is 3. The summed E-state index contributed by atoms with van der Waals surface area (Å²) in [7, 11) is 0. The number of nitrogens with one attached hydrogen (secondary N) is 3. The van der Waals surface area contributed by atoms with Gasteiger partial charge < -0.3 is 15.3 Å². The molecule has 2 atom stereocenters. The third-order valence-corrected chi connectivity index (χ3v) is 7.11. The summed E-state index contributed by atoms with van der Waals surface area (Å²) in [6.07, 6.45) is 4.95. The molecule has 1 aliphatic rings. The van der Waals surface area contributed by atoms with Gasteiger partial charge in [0.15, 0.2) is 0 Å². The third kappa shape index (κ3) is 7.82. The van der Waals surface area contributed by atoms with Crippen LogP contribution >= 0.6 is 0 Å². The zero-order chi connectivity index (χ0) is 30.0. The van der Waals surface area contributed by atoms with E-state index in [1.54, 1.807) is 47.6 Å². The Morgan fingerprint density at radius 3 is 2.60 bits per heavy atom. The van der Waals surface area contributed by atoms with E-state index in [0.29, 0.717) is 19.5 Å². The number of hydrogen-bond donors (Lipinski definition) is 4. The number of phenols is 1. The summed E-state index contributed by atoms with van der Waals surface area (Å²) >= 11 is 0. The van der Waals surface area contributed by atoms with Crippen LogP contribution in [0, 0.1) is 0 Å². The van der Waals surface area contributed by atoms with Crippen molar-refractivity contribution >= 4 is 11.9 Å². The highest BCUT2D eigenvalue weighted by molar-refractivity contribution is 5.83. The van der Waals surface area contributed by atoms with Gasteiger partial charge in [-0.2, -0.15) is 0 Å². The van der Waals surface area contributed by atoms with Crippen LogP contribution in [0.15, 0.2) is 110 Å². The molecule has 3 amide bonds. The zero-order valence-corrected chi connectivity index (χ0v) is 23.8. The molecule has 2 aromatic heterocycles. The highest BCUT2D eigenvalue weighted by Crippen LogP contribution is 2.20. The van der Waals surface area contributed by atoms with Gasteiger partial charge in [0.25, 0.3) is 0 Å². The molecule has 4 N–H and O–H groups in total. The Hall–Kier alpha value is -5.06. The number of phenolic OH excluding ortho intramolecular Hbond substituents is 1. The first kappa shape index (κ1) is 29.4. The van der Waals surface area contributed by atoms with Crippen LogP contribution in [-0.4, -0.2) is 62.2 Å². The van der Waals surface area contributed by atoms with Crippen LogP contribution in [0.2, 0.25) is 0 Å². The lowest BCUT2D eigenvalue weighted by Crippen LogP contribution is -2.69. The van der Waals surface area contributed by atoms with E-state index in [2.05, 4.69) is 27.6 Å². The van der Waals surface area contributed by atoms with Crippen LogP contribution in [0.3, 0.4) is 0 Å². The van der Waals surface area contributed by atoms with E-state index in [4.69, 9.17) is 4.98 Å². The van der Waals surface area contributed by atoms with Crippen LogP contribution in [0.5, 0.6) is 5.75 Å². The van der Waals surface area contributed by atoms with Gasteiger partial charge in [0.05, 0.1) is 30.5 Å². The van der Waals surface area contributed by atoms with Crippen LogP contribution in [0.25, 0.3) is 11.3 Å². The predicted molar refractivity (Wildman–Crippen MR) is 164 cm³/mol. The quantitative estimate of drug-likeness (QED) is 0.159. The number of rotatable bonds is 11. The Bertz CT molecular complexity index is 1520. The maximum Gasteiger partial charge on any atom is 0.333 e. The number of urea groups is 1. The second-order valence-electron chi connectivity index (χ2n) is 10.2. The molecule has 0 spiro atoms. The lowest BCUT2D eigenvalue weighted by molar-refractivity contribution is -0.140. The molecule has 10 heteroatoms. The number of hydrazine groups is 1. The fourth-order valence-electron chi connectivity index (χ4n) is 4.97. The minimum Gasteiger partial charge on any atom is -0.508 e. The fourth-order valence-corrected chi connectivity index (χ4v) is 4.97. The molecular weight excluding hydrogens is 542 g/mol. The van der Waals surface area contributed by atoms with E-state index in [9.17, 15) is 14.7 Å². The van der Waals surface area contributed by atoms with Crippen LogP contribution in [0.1, 0.15) is 16.8 Å². The summed E-state index contributed by atoms with van der Waals surface area (Å²) in [4.78, 5) is 38.1. The van der Waals surface area contributed by atoms with Crippen molar-refractivity contribution in [3.63, 3.8) is 0 Å². The lowest BCUT2D eigenvalue weighted by Gasteiger charge is -2.43. The number of carbonyl (C=O) groups excluding carboxylic acids is 2. The second-order valence-corrected chi connectivity index (χ2v) is 10.2. The van der Waals surface area contributed by atoms with E-state index < -0.39 is 12.2 Å². The van der Waals surface area contributed by atoms with Gasteiger partial charge in [-0.3, -0.25) is 20.1 Å². The molecule has 3 heterocycles. The Balaban J connectivity index is 1.39. The Labute approximate surface area is 251 Å². The van der Waals surface area contributed by atoms with Gasteiger partial charge >= 0.3 is 6.03 Å². The first-order valence-electron chi connectivity index (χ1n) is 14.1. The number of hydrogen-bond acceptors (Lipinski definition) is 7. The molecule has 4 aromatic rings. The average molecular weight is 578 g/mol. The van der Waals surface area contributed by atoms with Gasteiger partial charge in [0.1, 0.15) is 11.9 Å². The molecule has 0 bridgehead atoms. The van der Waals surface area contributed by atoms with E-state index >= 15 is 0 Å². The van der Waals surface area contributed by atoms with Gasteiger partial charge in [0.2, 0.25) is 5.91 Å². The van der Waals surface area contributed by atoms with Crippen LogP contribution in [0.4, 0.5) is 4.79 Å². The average Bonchev–Trinajstić information content (AvgIpc) is 3.04. The topological polar surface area (TPSA) is 123 Å². The number of aromatic hydroxyl groups is 1. The molecule has 0 aliphatic carbocycles. The highest BCUT2D eigenvalue weighted by atomic mass is 16.3. The maximum atomic E-state index is 13.8. The summed E-state index contributed by atoms with van der Waals surface area (Å²) in [6.45, 7) is 4.98. The number of carbonyl (C=O) groups is 2. The Morgan fingerprint density at radius 1 is 1.05 bits per heavy atom. The zero-order valence-electron chi connectivity index (χ0n) is 23.8. The van der Waals surface area contributed by atoms with Crippen molar-refractivity contribution in [3.05, 3.63) is 127 Å². The van der Waals surface area contributed by atoms with Crippen molar-refractivity contribution in [2.75, 3.05) is 13.1 Å². The number of aromatic nitrogens is 2. The lowest BCUT2D eigenvalue weighted by atomic mass is 10.0. The van der Waals surface area contributed by atoms with Crippen LogP contribution in [-0.2, 0) is 24.3 Å². The molecule has 1 saturated heterocycles. The number of piperazine rings is 1. The largest absolute Gasteiger partial charge is 0.508 e. The van der Waals surface area contributed by atoms with Gasteiger partial charge in [0, 0.05) is 31.0 Å². The molecule has 43 heavy (non-hydrogen) atoms. The van der Waals surface area contributed by atoms with Gasteiger partial charge in [-0.25, -0.2) is 15.2 Å². The minimum atomic E-state index is -0.625. The molecule has 1 fully saturated rings. The number of benzene rings is 2. The van der Waals surface area contributed by atoms with Crippen LogP contribution < -0.4 is 16.1 Å². The molecule has 0 unspecified atom stereocenters. The summed E-state index contributed by atoms with van der Waals surface area (Å²) in [5.41, 5.74) is 7.36. The van der Waals surface area contributed by atoms with Gasteiger partial charge in [-0.05, 0) is 53.9 Å². The Kier molecular flexibility index (Phi) is 9.73. The maximum absolute atomic E-state index is 13.8. The van der Waals surface area contributed by atoms with Crippen molar-refractivity contribution in [2.45, 2.75) is 31.7 Å². The van der Waals surface area contributed by atoms with Crippen molar-refractivity contribution in [3.8, 4) is 17.0 Å². The first-order chi connectivity index (χ1) is 21.0. The third-order valence-electron chi connectivity index (χ3n) is 7.11.